The fourth-order valence-corrected chi connectivity index (χ4v) is 3.51. The summed E-state index contributed by atoms with van der Waals surface area (Å²) in [5, 5.41) is 8.77. The van der Waals surface area contributed by atoms with Crippen molar-refractivity contribution in [2.24, 2.45) is 0 Å². The van der Waals surface area contributed by atoms with E-state index in [2.05, 4.69) is 25.6 Å². The fraction of sp³-hybridized carbons (Fsp3) is 0. The van der Waals surface area contributed by atoms with Gasteiger partial charge in [0.05, 0.1) is 11.3 Å². The zero-order valence-corrected chi connectivity index (χ0v) is 13.4. The van der Waals surface area contributed by atoms with Gasteiger partial charge in [-0.1, -0.05) is 11.6 Å². The average Bonchev–Trinajstić information content (AvgIpc) is 2.41. The maximum Gasteiger partial charge on any atom is 0.335 e. The van der Waals surface area contributed by atoms with E-state index in [1.54, 1.807) is 0 Å². The monoisotopic (exact) mass is 390 g/mol. The molecular weight excluding hydrogens is 384 g/mol. The van der Waals surface area contributed by atoms with E-state index in [9.17, 15) is 13.2 Å². The Labute approximate surface area is 134 Å². The number of rotatable bonds is 4. The lowest BCUT2D eigenvalue weighted by atomic mass is 10.2. The van der Waals surface area contributed by atoms with Crippen LogP contribution in [0.3, 0.4) is 0 Å². The largest absolute Gasteiger partial charge is 0.478 e. The molecule has 0 atom stereocenters. The Bertz CT molecular complexity index is 811. The lowest BCUT2D eigenvalue weighted by Gasteiger charge is -2.11. The molecule has 0 spiro atoms. The molecule has 0 fully saturated rings. The molecule has 0 aliphatic heterocycles. The molecule has 2 aromatic rings. The van der Waals surface area contributed by atoms with E-state index in [0.29, 0.717) is 4.47 Å². The van der Waals surface area contributed by atoms with E-state index >= 15 is 0 Å². The van der Waals surface area contributed by atoms with Crippen LogP contribution in [0.15, 0.2) is 45.9 Å². The van der Waals surface area contributed by atoms with Gasteiger partial charge in [-0.15, -0.1) is 0 Å². The second-order valence-corrected chi connectivity index (χ2v) is 6.76. The van der Waals surface area contributed by atoms with Gasteiger partial charge >= 0.3 is 5.97 Å². The minimum absolute atomic E-state index is 0.0480. The highest BCUT2D eigenvalue weighted by molar-refractivity contribution is 9.10. The van der Waals surface area contributed by atoms with Crippen LogP contribution in [0.25, 0.3) is 0 Å². The quantitative estimate of drug-likeness (QED) is 0.781. The second-order valence-electron chi connectivity index (χ2n) is 3.90. The number of nitrogens with zero attached hydrogens (tertiary/aromatic N) is 1. The van der Waals surface area contributed by atoms with Crippen LogP contribution in [0.5, 0.6) is 0 Å². The highest BCUT2D eigenvalue weighted by atomic mass is 79.9. The fourth-order valence-electron chi connectivity index (χ4n) is 1.51. The first kappa shape index (κ1) is 15.7. The Morgan fingerprint density at radius 1 is 1.33 bits per heavy atom. The van der Waals surface area contributed by atoms with Gasteiger partial charge in [-0.3, -0.25) is 4.72 Å². The van der Waals surface area contributed by atoms with Gasteiger partial charge in [0, 0.05) is 10.7 Å². The zero-order valence-electron chi connectivity index (χ0n) is 10.2. The summed E-state index contributed by atoms with van der Waals surface area (Å²) in [6.45, 7) is 0. The molecule has 0 amide bonds. The van der Waals surface area contributed by atoms with Crippen molar-refractivity contribution < 1.29 is 18.3 Å². The number of nitrogens with one attached hydrogen (secondary N) is 1. The number of hydrogen-bond acceptors (Lipinski definition) is 4. The average molecular weight is 392 g/mol. The molecule has 0 bridgehead atoms. The molecule has 21 heavy (non-hydrogen) atoms. The molecule has 110 valence electrons. The SMILES string of the molecule is O=C(O)c1ccc(Br)c(NS(=O)(=O)c2cccnc2Cl)c1. The number of sulfonamides is 1. The van der Waals surface area contributed by atoms with Crippen LogP contribution >= 0.6 is 27.5 Å². The van der Waals surface area contributed by atoms with Crippen LogP contribution in [0.1, 0.15) is 10.4 Å². The maximum atomic E-state index is 12.3. The summed E-state index contributed by atoms with van der Waals surface area (Å²) in [6.07, 6.45) is 1.36. The first-order chi connectivity index (χ1) is 9.81. The summed E-state index contributed by atoms with van der Waals surface area (Å²) >= 11 is 8.92. The lowest BCUT2D eigenvalue weighted by molar-refractivity contribution is 0.0697. The molecule has 2 rings (SSSR count). The normalized spacial score (nSPS) is 11.1. The van der Waals surface area contributed by atoms with E-state index in [-0.39, 0.29) is 21.3 Å². The molecule has 0 aliphatic carbocycles. The van der Waals surface area contributed by atoms with Crippen molar-refractivity contribution in [2.75, 3.05) is 4.72 Å². The van der Waals surface area contributed by atoms with Gasteiger partial charge in [0.1, 0.15) is 10.0 Å². The standard InChI is InChI=1S/C12H8BrClN2O4S/c13-8-4-3-7(12(17)18)6-9(8)16-21(19,20)10-2-1-5-15-11(10)14/h1-6,16H,(H,17,18). The molecule has 6 nitrogen and oxygen atoms in total. The summed E-state index contributed by atoms with van der Waals surface area (Å²) in [4.78, 5) is 14.4. The van der Waals surface area contributed by atoms with E-state index < -0.39 is 16.0 Å². The molecular formula is C12H8BrClN2O4S. The molecule has 2 N–H and O–H groups in total. The third-order valence-corrected chi connectivity index (χ3v) is 4.97. The molecule has 0 aliphatic rings. The van der Waals surface area contributed by atoms with Gasteiger partial charge in [0.25, 0.3) is 10.0 Å². The number of aromatic nitrogens is 1. The Morgan fingerprint density at radius 2 is 2.05 bits per heavy atom. The van der Waals surface area contributed by atoms with Gasteiger partial charge in [-0.2, -0.15) is 0 Å². The van der Waals surface area contributed by atoms with Crippen LogP contribution in [-0.2, 0) is 10.0 Å². The van der Waals surface area contributed by atoms with Crippen LogP contribution in [-0.4, -0.2) is 24.5 Å². The molecule has 1 aromatic carbocycles. The van der Waals surface area contributed by atoms with Crippen molar-refractivity contribution in [3.63, 3.8) is 0 Å². The summed E-state index contributed by atoms with van der Waals surface area (Å²) in [5.74, 6) is -1.16. The first-order valence-corrected chi connectivity index (χ1v) is 8.13. The van der Waals surface area contributed by atoms with E-state index in [4.69, 9.17) is 16.7 Å². The van der Waals surface area contributed by atoms with Crippen LogP contribution in [0.4, 0.5) is 5.69 Å². The van der Waals surface area contributed by atoms with Crippen molar-refractivity contribution in [1.82, 2.24) is 4.98 Å². The van der Waals surface area contributed by atoms with Crippen molar-refractivity contribution in [3.05, 3.63) is 51.7 Å². The number of carboxylic acid groups (broad SMARTS) is 1. The number of anilines is 1. The van der Waals surface area contributed by atoms with E-state index in [0.717, 1.165) is 0 Å². The highest BCUT2D eigenvalue weighted by Crippen LogP contribution is 2.27. The van der Waals surface area contributed by atoms with Crippen molar-refractivity contribution in [3.8, 4) is 0 Å². The number of carboxylic acids is 1. The summed E-state index contributed by atoms with van der Waals surface area (Å²) in [5.41, 5.74) is 0.0444. The zero-order chi connectivity index (χ0) is 15.6. The number of aromatic carboxylic acids is 1. The highest BCUT2D eigenvalue weighted by Gasteiger charge is 2.20. The van der Waals surface area contributed by atoms with E-state index in [1.807, 2.05) is 0 Å². The molecule has 1 aromatic heterocycles. The second kappa shape index (κ2) is 6.00. The Hall–Kier alpha value is -1.64. The van der Waals surface area contributed by atoms with Crippen molar-refractivity contribution in [2.45, 2.75) is 4.90 Å². The molecule has 0 saturated heterocycles. The Morgan fingerprint density at radius 3 is 2.67 bits per heavy atom. The van der Waals surface area contributed by atoms with Gasteiger partial charge in [-0.05, 0) is 46.3 Å². The lowest BCUT2D eigenvalue weighted by Crippen LogP contribution is -2.14. The number of benzene rings is 1. The summed E-state index contributed by atoms with van der Waals surface area (Å²) in [7, 11) is -3.98. The third kappa shape index (κ3) is 3.52. The van der Waals surface area contributed by atoms with Crippen LogP contribution in [0.2, 0.25) is 5.15 Å². The van der Waals surface area contributed by atoms with Gasteiger partial charge < -0.3 is 5.11 Å². The summed E-state index contributed by atoms with van der Waals surface area (Å²) in [6, 6.07) is 6.72. The number of hydrogen-bond donors (Lipinski definition) is 2. The van der Waals surface area contributed by atoms with Gasteiger partial charge in [-0.25, -0.2) is 18.2 Å². The third-order valence-electron chi connectivity index (χ3n) is 2.47. The maximum absolute atomic E-state index is 12.3. The van der Waals surface area contributed by atoms with Gasteiger partial charge in [0.2, 0.25) is 0 Å². The smallest absolute Gasteiger partial charge is 0.335 e. The molecule has 0 unspecified atom stereocenters. The first-order valence-electron chi connectivity index (χ1n) is 5.47. The molecule has 0 saturated carbocycles. The Kier molecular flexibility index (Phi) is 4.50. The predicted octanol–water partition coefficient (Wildman–Crippen LogP) is 3.00. The Balaban J connectivity index is 2.44. The minimum atomic E-state index is -3.98. The topological polar surface area (TPSA) is 96.4 Å². The number of pyridine rings is 1. The van der Waals surface area contributed by atoms with Crippen molar-refractivity contribution >= 4 is 49.2 Å². The van der Waals surface area contributed by atoms with E-state index in [1.165, 1.54) is 36.5 Å². The van der Waals surface area contributed by atoms with Crippen LogP contribution in [0, 0.1) is 0 Å². The molecule has 1 heterocycles. The molecule has 9 heteroatoms. The predicted molar refractivity (Wildman–Crippen MR) is 81.2 cm³/mol. The van der Waals surface area contributed by atoms with Crippen molar-refractivity contribution in [1.29, 1.82) is 0 Å². The number of carbonyl (C=O) groups is 1. The molecule has 0 radical (unpaired) electrons. The summed E-state index contributed by atoms with van der Waals surface area (Å²) < 4.78 is 27.2. The van der Waals surface area contributed by atoms with Crippen LogP contribution < -0.4 is 4.72 Å². The minimum Gasteiger partial charge on any atom is -0.478 e. The number of halogens is 2. The van der Waals surface area contributed by atoms with Gasteiger partial charge in [0.15, 0.2) is 0 Å².